The van der Waals surface area contributed by atoms with Crippen molar-refractivity contribution in [2.75, 3.05) is 16.0 Å². The van der Waals surface area contributed by atoms with Crippen molar-refractivity contribution in [3.05, 3.63) is 71.6 Å². The van der Waals surface area contributed by atoms with Crippen molar-refractivity contribution in [2.45, 2.75) is 6.61 Å². The Hall–Kier alpha value is -3.46. The summed E-state index contributed by atoms with van der Waals surface area (Å²) in [5, 5.41) is 8.39. The van der Waals surface area contributed by atoms with E-state index in [1.165, 1.54) is 18.2 Å². The minimum atomic E-state index is -2.95. The highest BCUT2D eigenvalue weighted by molar-refractivity contribution is 7.18. The predicted molar refractivity (Wildman–Crippen MR) is 104 cm³/mol. The third-order valence-electron chi connectivity index (χ3n) is 3.42. The quantitative estimate of drug-likeness (QED) is 0.526. The molecule has 0 bridgehead atoms. The van der Waals surface area contributed by atoms with Gasteiger partial charge in [-0.2, -0.15) is 8.78 Å². The van der Waals surface area contributed by atoms with E-state index in [-0.39, 0.29) is 5.75 Å². The number of nitrogens with one attached hydrogen (secondary N) is 3. The summed E-state index contributed by atoms with van der Waals surface area (Å²) >= 11 is 1.08. The number of carbonyl (C=O) groups is 2. The maximum atomic E-state index is 12.3. The molecule has 3 rings (SSSR count). The molecular formula is C19H15F2N3O3S. The van der Waals surface area contributed by atoms with E-state index in [9.17, 15) is 18.4 Å². The Labute approximate surface area is 163 Å². The molecule has 0 fully saturated rings. The van der Waals surface area contributed by atoms with E-state index in [0.29, 0.717) is 21.3 Å². The van der Waals surface area contributed by atoms with Gasteiger partial charge in [0, 0.05) is 17.4 Å². The van der Waals surface area contributed by atoms with Gasteiger partial charge in [0.15, 0.2) is 0 Å². The molecule has 3 amide bonds. The van der Waals surface area contributed by atoms with Crippen LogP contribution in [0, 0.1) is 0 Å². The Morgan fingerprint density at radius 3 is 2.36 bits per heavy atom. The SMILES string of the molecule is O=C(Nc1ccccc1)Nc1ccc(C(=O)Nc2cccc(OC(F)F)c2)s1. The second-order valence-electron chi connectivity index (χ2n) is 5.47. The van der Waals surface area contributed by atoms with Crippen LogP contribution in [-0.4, -0.2) is 18.5 Å². The molecule has 0 aliphatic carbocycles. The Balaban J connectivity index is 1.59. The van der Waals surface area contributed by atoms with Gasteiger partial charge in [-0.25, -0.2) is 4.79 Å². The van der Waals surface area contributed by atoms with E-state index in [2.05, 4.69) is 20.7 Å². The summed E-state index contributed by atoms with van der Waals surface area (Å²) in [5.41, 5.74) is 0.952. The summed E-state index contributed by atoms with van der Waals surface area (Å²) in [4.78, 5) is 24.6. The Morgan fingerprint density at radius 2 is 1.61 bits per heavy atom. The summed E-state index contributed by atoms with van der Waals surface area (Å²) in [6, 6.07) is 17.3. The third kappa shape index (κ3) is 5.52. The van der Waals surface area contributed by atoms with Crippen molar-refractivity contribution >= 4 is 39.7 Å². The van der Waals surface area contributed by atoms with Gasteiger partial charge in [0.05, 0.1) is 9.88 Å². The van der Waals surface area contributed by atoms with Crippen LogP contribution in [-0.2, 0) is 0 Å². The van der Waals surface area contributed by atoms with E-state index in [1.54, 1.807) is 42.5 Å². The lowest BCUT2D eigenvalue weighted by Crippen LogP contribution is -2.18. The third-order valence-corrected chi connectivity index (χ3v) is 4.41. The molecule has 28 heavy (non-hydrogen) atoms. The van der Waals surface area contributed by atoms with Crippen LogP contribution in [0.3, 0.4) is 0 Å². The molecule has 1 aromatic heterocycles. The number of rotatable bonds is 6. The van der Waals surface area contributed by atoms with Crippen LogP contribution >= 0.6 is 11.3 Å². The predicted octanol–water partition coefficient (Wildman–Crippen LogP) is 5.25. The zero-order valence-electron chi connectivity index (χ0n) is 14.3. The fourth-order valence-corrected chi connectivity index (χ4v) is 3.06. The number of hydrogen-bond acceptors (Lipinski definition) is 4. The monoisotopic (exact) mass is 403 g/mol. The second-order valence-corrected chi connectivity index (χ2v) is 6.55. The lowest BCUT2D eigenvalue weighted by Gasteiger charge is -2.07. The average molecular weight is 403 g/mol. The lowest BCUT2D eigenvalue weighted by molar-refractivity contribution is -0.0498. The van der Waals surface area contributed by atoms with E-state index in [4.69, 9.17) is 0 Å². The number of anilines is 3. The van der Waals surface area contributed by atoms with Crippen LogP contribution in [0.1, 0.15) is 9.67 Å². The zero-order valence-corrected chi connectivity index (χ0v) is 15.1. The molecule has 0 aliphatic heterocycles. The Morgan fingerprint density at radius 1 is 0.857 bits per heavy atom. The molecule has 144 valence electrons. The molecule has 9 heteroatoms. The largest absolute Gasteiger partial charge is 0.435 e. The second kappa shape index (κ2) is 8.96. The summed E-state index contributed by atoms with van der Waals surface area (Å²) in [6.45, 7) is -2.95. The number of alkyl halides is 2. The summed E-state index contributed by atoms with van der Waals surface area (Å²) in [5.74, 6) is -0.491. The average Bonchev–Trinajstić information content (AvgIpc) is 3.11. The van der Waals surface area contributed by atoms with Gasteiger partial charge in [-0.3, -0.25) is 10.1 Å². The van der Waals surface area contributed by atoms with Crippen LogP contribution in [0.2, 0.25) is 0 Å². The lowest BCUT2D eigenvalue weighted by atomic mass is 10.3. The van der Waals surface area contributed by atoms with Crippen molar-refractivity contribution in [2.24, 2.45) is 0 Å². The van der Waals surface area contributed by atoms with Gasteiger partial charge in [0.1, 0.15) is 5.75 Å². The number of thiophene rings is 1. The smallest absolute Gasteiger partial charge is 0.387 e. The van der Waals surface area contributed by atoms with E-state index < -0.39 is 18.5 Å². The maximum absolute atomic E-state index is 12.3. The number of urea groups is 1. The van der Waals surface area contributed by atoms with Gasteiger partial charge in [-0.05, 0) is 36.4 Å². The van der Waals surface area contributed by atoms with Crippen molar-refractivity contribution in [3.63, 3.8) is 0 Å². The first-order chi connectivity index (χ1) is 13.5. The molecule has 3 N–H and O–H groups in total. The summed E-state index contributed by atoms with van der Waals surface area (Å²) < 4.78 is 28.9. The first kappa shape index (κ1) is 19.3. The van der Waals surface area contributed by atoms with Crippen LogP contribution in [0.15, 0.2) is 66.7 Å². The van der Waals surface area contributed by atoms with Gasteiger partial charge >= 0.3 is 12.6 Å². The Bertz CT molecular complexity index is 964. The van der Waals surface area contributed by atoms with Gasteiger partial charge in [-0.15, -0.1) is 11.3 Å². The molecule has 0 radical (unpaired) electrons. The van der Waals surface area contributed by atoms with Crippen molar-refractivity contribution in [1.82, 2.24) is 0 Å². The highest BCUT2D eigenvalue weighted by atomic mass is 32.1. The van der Waals surface area contributed by atoms with Crippen molar-refractivity contribution in [1.29, 1.82) is 0 Å². The molecular weight excluding hydrogens is 388 g/mol. The number of ether oxygens (including phenoxy) is 1. The molecule has 0 spiro atoms. The number of carbonyl (C=O) groups excluding carboxylic acids is 2. The molecule has 0 aliphatic rings. The molecule has 0 saturated heterocycles. The number of amides is 3. The number of hydrogen-bond donors (Lipinski definition) is 3. The molecule has 0 atom stereocenters. The van der Waals surface area contributed by atoms with Crippen LogP contribution in [0.25, 0.3) is 0 Å². The van der Waals surface area contributed by atoms with Gasteiger partial charge in [0.2, 0.25) is 0 Å². The molecule has 1 heterocycles. The maximum Gasteiger partial charge on any atom is 0.387 e. The van der Waals surface area contributed by atoms with E-state index in [0.717, 1.165) is 11.3 Å². The fraction of sp³-hybridized carbons (Fsp3) is 0.0526. The highest BCUT2D eigenvalue weighted by Gasteiger charge is 2.12. The molecule has 0 unspecified atom stereocenters. The fourth-order valence-electron chi connectivity index (χ4n) is 2.27. The minimum Gasteiger partial charge on any atom is -0.435 e. The summed E-state index contributed by atoms with van der Waals surface area (Å²) in [7, 11) is 0. The topological polar surface area (TPSA) is 79.5 Å². The zero-order chi connectivity index (χ0) is 19.9. The molecule has 3 aromatic rings. The van der Waals surface area contributed by atoms with Gasteiger partial charge in [-0.1, -0.05) is 24.3 Å². The van der Waals surface area contributed by atoms with Gasteiger partial charge < -0.3 is 15.4 Å². The number of benzene rings is 2. The van der Waals surface area contributed by atoms with Gasteiger partial charge in [0.25, 0.3) is 5.91 Å². The standard InChI is InChI=1S/C19H15F2N3O3S/c20-18(21)27-14-8-4-7-13(11-14)22-17(25)15-9-10-16(28-15)24-19(26)23-12-5-2-1-3-6-12/h1-11,18H,(H,22,25)(H2,23,24,26). The Kier molecular flexibility index (Phi) is 6.18. The first-order valence-electron chi connectivity index (χ1n) is 8.09. The molecule has 2 aromatic carbocycles. The number of halogens is 2. The summed E-state index contributed by atoms with van der Waals surface area (Å²) in [6.07, 6.45) is 0. The van der Waals surface area contributed by atoms with Crippen LogP contribution < -0.4 is 20.7 Å². The van der Waals surface area contributed by atoms with E-state index >= 15 is 0 Å². The van der Waals surface area contributed by atoms with Crippen LogP contribution in [0.5, 0.6) is 5.75 Å². The van der Waals surface area contributed by atoms with Crippen molar-refractivity contribution in [3.8, 4) is 5.75 Å². The van der Waals surface area contributed by atoms with Crippen LogP contribution in [0.4, 0.5) is 30.0 Å². The molecule has 0 saturated carbocycles. The normalized spacial score (nSPS) is 10.4. The van der Waals surface area contributed by atoms with E-state index in [1.807, 2.05) is 6.07 Å². The highest BCUT2D eigenvalue weighted by Crippen LogP contribution is 2.24. The number of para-hydroxylation sites is 1. The van der Waals surface area contributed by atoms with Crippen molar-refractivity contribution < 1.29 is 23.1 Å². The minimum absolute atomic E-state index is 0.0566. The first-order valence-corrected chi connectivity index (χ1v) is 8.90. The molecule has 6 nitrogen and oxygen atoms in total.